The maximum Gasteiger partial charge on any atom is 0.221 e. The molecule has 2 N–H and O–H groups in total. The van der Waals surface area contributed by atoms with E-state index in [1.165, 1.54) is 5.56 Å². The molecule has 0 spiro atoms. The van der Waals surface area contributed by atoms with Crippen LogP contribution in [0.4, 0.5) is 0 Å². The van der Waals surface area contributed by atoms with Crippen LogP contribution < -0.4 is 10.6 Å². The maximum atomic E-state index is 11.7. The number of likely N-dealkylation sites (tertiary alicyclic amines) is 1. The monoisotopic (exact) mass is 333 g/mol. The molecule has 0 bridgehead atoms. The molecule has 1 amide bonds. The summed E-state index contributed by atoms with van der Waals surface area (Å²) >= 11 is 0. The van der Waals surface area contributed by atoms with Gasteiger partial charge in [-0.15, -0.1) is 24.8 Å². The molecule has 1 aromatic carbocycles. The molecule has 1 aliphatic heterocycles. The van der Waals surface area contributed by atoms with Crippen molar-refractivity contribution in [2.75, 3.05) is 26.7 Å². The second-order valence-electron chi connectivity index (χ2n) is 5.13. The lowest BCUT2D eigenvalue weighted by Crippen LogP contribution is -2.37. The van der Waals surface area contributed by atoms with E-state index in [-0.39, 0.29) is 30.7 Å². The molecule has 4 nitrogen and oxygen atoms in total. The maximum absolute atomic E-state index is 11.7. The molecular weight excluding hydrogens is 309 g/mol. The van der Waals surface area contributed by atoms with Crippen LogP contribution in [-0.2, 0) is 11.3 Å². The average molecular weight is 334 g/mol. The number of halogens is 2. The molecular formula is C15H25Cl2N3O. The highest BCUT2D eigenvalue weighted by Gasteiger charge is 2.23. The highest BCUT2D eigenvalue weighted by molar-refractivity contribution is 5.85. The first-order valence-corrected chi connectivity index (χ1v) is 6.98. The minimum atomic E-state index is 0. The Morgan fingerprint density at radius 1 is 1.29 bits per heavy atom. The molecule has 1 atom stereocenters. The van der Waals surface area contributed by atoms with Crippen LogP contribution in [0, 0.1) is 0 Å². The second kappa shape index (κ2) is 10.9. The standard InChI is InChI=1S/C15H23N3O.2ClH/c1-16-9-7-15(19)17-14-8-10-18(12-14)11-13-5-3-2-4-6-13;;/h2-6,14,16H,7-12H2,1H3,(H,17,19);2*1H. The van der Waals surface area contributed by atoms with Gasteiger partial charge >= 0.3 is 0 Å². The second-order valence-corrected chi connectivity index (χ2v) is 5.13. The molecule has 0 aliphatic carbocycles. The van der Waals surface area contributed by atoms with Crippen molar-refractivity contribution in [3.63, 3.8) is 0 Å². The van der Waals surface area contributed by atoms with Gasteiger partial charge in [0, 0.05) is 38.6 Å². The molecule has 1 aliphatic rings. The molecule has 1 unspecified atom stereocenters. The number of carbonyl (C=O) groups is 1. The van der Waals surface area contributed by atoms with Gasteiger partial charge in [0.15, 0.2) is 0 Å². The van der Waals surface area contributed by atoms with Gasteiger partial charge in [-0.2, -0.15) is 0 Å². The van der Waals surface area contributed by atoms with E-state index < -0.39 is 0 Å². The van der Waals surface area contributed by atoms with Crippen LogP contribution in [-0.4, -0.2) is 43.5 Å². The van der Waals surface area contributed by atoms with Crippen LogP contribution in [0.1, 0.15) is 18.4 Å². The summed E-state index contributed by atoms with van der Waals surface area (Å²) in [5.74, 6) is 0.154. The van der Waals surface area contributed by atoms with E-state index in [0.29, 0.717) is 12.5 Å². The molecule has 6 heteroatoms. The lowest BCUT2D eigenvalue weighted by molar-refractivity contribution is -0.121. The number of carbonyl (C=O) groups excluding carboxylic acids is 1. The quantitative estimate of drug-likeness (QED) is 0.834. The van der Waals surface area contributed by atoms with Gasteiger partial charge in [0.05, 0.1) is 0 Å². The van der Waals surface area contributed by atoms with E-state index in [9.17, 15) is 4.79 Å². The van der Waals surface area contributed by atoms with Crippen LogP contribution in [0.2, 0.25) is 0 Å². The first-order valence-electron chi connectivity index (χ1n) is 6.98. The highest BCUT2D eigenvalue weighted by Crippen LogP contribution is 2.13. The van der Waals surface area contributed by atoms with Gasteiger partial charge in [-0.25, -0.2) is 0 Å². The van der Waals surface area contributed by atoms with Crippen molar-refractivity contribution in [3.8, 4) is 0 Å². The Morgan fingerprint density at radius 3 is 2.67 bits per heavy atom. The molecule has 0 aromatic heterocycles. The third-order valence-corrected chi connectivity index (χ3v) is 3.49. The Bertz CT molecular complexity index is 403. The summed E-state index contributed by atoms with van der Waals surface area (Å²) in [6.07, 6.45) is 1.61. The smallest absolute Gasteiger partial charge is 0.221 e. The van der Waals surface area contributed by atoms with Crippen molar-refractivity contribution in [1.82, 2.24) is 15.5 Å². The van der Waals surface area contributed by atoms with E-state index in [1.807, 2.05) is 13.1 Å². The Labute approximate surface area is 139 Å². The predicted molar refractivity (Wildman–Crippen MR) is 91.3 cm³/mol. The summed E-state index contributed by atoms with van der Waals surface area (Å²) in [4.78, 5) is 14.1. The summed E-state index contributed by atoms with van der Waals surface area (Å²) < 4.78 is 0. The van der Waals surface area contributed by atoms with Crippen molar-refractivity contribution in [3.05, 3.63) is 35.9 Å². The number of nitrogens with zero attached hydrogens (tertiary/aromatic N) is 1. The first-order chi connectivity index (χ1) is 9.28. The lowest BCUT2D eigenvalue weighted by Gasteiger charge is -2.16. The zero-order chi connectivity index (χ0) is 13.5. The molecule has 1 saturated heterocycles. The van der Waals surface area contributed by atoms with E-state index in [2.05, 4.69) is 39.8 Å². The van der Waals surface area contributed by atoms with Crippen LogP contribution in [0.25, 0.3) is 0 Å². The summed E-state index contributed by atoms with van der Waals surface area (Å²) in [5.41, 5.74) is 1.34. The van der Waals surface area contributed by atoms with E-state index in [4.69, 9.17) is 0 Å². The SMILES string of the molecule is CNCCC(=O)NC1CCN(Cc2ccccc2)C1.Cl.Cl. The van der Waals surface area contributed by atoms with E-state index >= 15 is 0 Å². The molecule has 1 aromatic rings. The molecule has 0 radical (unpaired) electrons. The van der Waals surface area contributed by atoms with Crippen LogP contribution >= 0.6 is 24.8 Å². The summed E-state index contributed by atoms with van der Waals surface area (Å²) in [6.45, 7) is 3.74. The Morgan fingerprint density at radius 2 is 2.00 bits per heavy atom. The largest absolute Gasteiger partial charge is 0.352 e. The highest BCUT2D eigenvalue weighted by atomic mass is 35.5. The van der Waals surface area contributed by atoms with Crippen LogP contribution in [0.3, 0.4) is 0 Å². The van der Waals surface area contributed by atoms with Gasteiger partial charge in [0.1, 0.15) is 0 Å². The van der Waals surface area contributed by atoms with Crippen molar-refractivity contribution in [2.45, 2.75) is 25.4 Å². The number of nitrogens with one attached hydrogen (secondary N) is 2. The Balaban J connectivity index is 0.00000200. The van der Waals surface area contributed by atoms with Crippen molar-refractivity contribution >= 4 is 30.7 Å². The fourth-order valence-corrected chi connectivity index (χ4v) is 2.47. The minimum Gasteiger partial charge on any atom is -0.352 e. The zero-order valence-corrected chi connectivity index (χ0v) is 14.0. The van der Waals surface area contributed by atoms with Gasteiger partial charge in [-0.3, -0.25) is 9.69 Å². The van der Waals surface area contributed by atoms with Gasteiger partial charge in [-0.05, 0) is 19.0 Å². The third-order valence-electron chi connectivity index (χ3n) is 3.49. The van der Waals surface area contributed by atoms with Gasteiger partial charge in [0.25, 0.3) is 0 Å². The molecule has 2 rings (SSSR count). The van der Waals surface area contributed by atoms with E-state index in [1.54, 1.807) is 0 Å². The van der Waals surface area contributed by atoms with Crippen molar-refractivity contribution < 1.29 is 4.79 Å². The first kappa shape index (κ1) is 20.2. The number of rotatable bonds is 6. The third kappa shape index (κ3) is 7.14. The number of amides is 1. The molecule has 1 fully saturated rings. The van der Waals surface area contributed by atoms with Crippen molar-refractivity contribution in [2.24, 2.45) is 0 Å². The summed E-state index contributed by atoms with van der Waals surface area (Å²) in [6, 6.07) is 10.8. The summed E-state index contributed by atoms with van der Waals surface area (Å²) in [5, 5.41) is 6.10. The number of hydrogen-bond donors (Lipinski definition) is 2. The molecule has 21 heavy (non-hydrogen) atoms. The molecule has 0 saturated carbocycles. The predicted octanol–water partition coefficient (Wildman–Crippen LogP) is 1.83. The van der Waals surface area contributed by atoms with Gasteiger partial charge in [0.2, 0.25) is 5.91 Å². The fourth-order valence-electron chi connectivity index (χ4n) is 2.47. The number of benzene rings is 1. The van der Waals surface area contributed by atoms with Crippen LogP contribution in [0.5, 0.6) is 0 Å². The van der Waals surface area contributed by atoms with E-state index in [0.717, 1.165) is 32.6 Å². The van der Waals surface area contributed by atoms with Crippen LogP contribution in [0.15, 0.2) is 30.3 Å². The average Bonchev–Trinajstić information content (AvgIpc) is 2.85. The van der Waals surface area contributed by atoms with Crippen molar-refractivity contribution in [1.29, 1.82) is 0 Å². The lowest BCUT2D eigenvalue weighted by atomic mass is 10.2. The molecule has 1 heterocycles. The molecule has 120 valence electrons. The normalized spacial score (nSPS) is 17.7. The van der Waals surface area contributed by atoms with Gasteiger partial charge in [-0.1, -0.05) is 30.3 Å². The van der Waals surface area contributed by atoms with Gasteiger partial charge < -0.3 is 10.6 Å². The fraction of sp³-hybridized carbons (Fsp3) is 0.533. The minimum absolute atomic E-state index is 0. The topological polar surface area (TPSA) is 44.4 Å². The zero-order valence-electron chi connectivity index (χ0n) is 12.4. The number of hydrogen-bond acceptors (Lipinski definition) is 3. The summed E-state index contributed by atoms with van der Waals surface area (Å²) in [7, 11) is 1.87. The Kier molecular flexibility index (Phi) is 10.4. The Hall–Kier alpha value is -0.810.